The maximum absolute atomic E-state index is 13.8. The van der Waals surface area contributed by atoms with Gasteiger partial charge in [0.1, 0.15) is 22.9 Å². The molecule has 1 amide bonds. The number of benzene rings is 1. The maximum Gasteiger partial charge on any atom is 0.352 e. The zero-order valence-corrected chi connectivity index (χ0v) is 17.4. The van der Waals surface area contributed by atoms with Crippen molar-refractivity contribution in [3.63, 3.8) is 0 Å². The minimum absolute atomic E-state index is 0.0992. The molecule has 5 rings (SSSR count). The number of carbonyl (C=O) groups excluding carboxylic acids is 1. The quantitative estimate of drug-likeness (QED) is 0.490. The van der Waals surface area contributed by atoms with Crippen LogP contribution in [0.4, 0.5) is 14.5 Å². The maximum atomic E-state index is 13.8. The van der Waals surface area contributed by atoms with Crippen LogP contribution in [0.2, 0.25) is 0 Å². The SMILES string of the molecule is O=C(Cn1nc2n(CC3CCCO3)c(=O)c3sccc3n2c1=O)Nc1ccc(F)cc1F. The van der Waals surface area contributed by atoms with Gasteiger partial charge in [-0.3, -0.25) is 14.2 Å². The molecule has 12 heteroatoms. The molecule has 0 radical (unpaired) electrons. The van der Waals surface area contributed by atoms with E-state index in [0.717, 1.165) is 29.7 Å². The van der Waals surface area contributed by atoms with Crippen molar-refractivity contribution in [2.45, 2.75) is 32.0 Å². The van der Waals surface area contributed by atoms with Crippen LogP contribution in [0, 0.1) is 11.6 Å². The predicted octanol–water partition coefficient (Wildman–Crippen LogP) is 1.97. The van der Waals surface area contributed by atoms with Crippen LogP contribution in [-0.2, 0) is 22.6 Å². The number of rotatable bonds is 5. The summed E-state index contributed by atoms with van der Waals surface area (Å²) in [5.41, 5.74) is -0.712. The third-order valence-electron chi connectivity index (χ3n) is 5.30. The summed E-state index contributed by atoms with van der Waals surface area (Å²) in [5, 5.41) is 8.23. The second-order valence-corrected chi connectivity index (χ2v) is 8.35. The fourth-order valence-corrected chi connectivity index (χ4v) is 4.63. The number of nitrogens with zero attached hydrogens (tertiary/aromatic N) is 4. The van der Waals surface area contributed by atoms with Gasteiger partial charge in [0.2, 0.25) is 11.7 Å². The van der Waals surface area contributed by atoms with Crippen molar-refractivity contribution in [3.8, 4) is 0 Å². The van der Waals surface area contributed by atoms with Crippen LogP contribution in [0.25, 0.3) is 16.0 Å². The van der Waals surface area contributed by atoms with Gasteiger partial charge >= 0.3 is 5.69 Å². The molecule has 1 aromatic carbocycles. The molecule has 9 nitrogen and oxygen atoms in total. The fraction of sp³-hybridized carbons (Fsp3) is 0.300. The summed E-state index contributed by atoms with van der Waals surface area (Å²) in [6.07, 6.45) is 1.51. The van der Waals surface area contributed by atoms with Gasteiger partial charge in [-0.1, -0.05) is 0 Å². The van der Waals surface area contributed by atoms with Crippen LogP contribution in [0.3, 0.4) is 0 Å². The topological polar surface area (TPSA) is 99.6 Å². The summed E-state index contributed by atoms with van der Waals surface area (Å²) >= 11 is 1.21. The average molecular weight is 461 g/mol. The molecule has 0 spiro atoms. The van der Waals surface area contributed by atoms with Gasteiger partial charge in [0.05, 0.1) is 23.9 Å². The Morgan fingerprint density at radius 3 is 2.88 bits per heavy atom. The minimum Gasteiger partial charge on any atom is -0.376 e. The first-order valence-electron chi connectivity index (χ1n) is 9.88. The summed E-state index contributed by atoms with van der Waals surface area (Å²) in [5.74, 6) is -2.34. The summed E-state index contributed by atoms with van der Waals surface area (Å²) < 4.78 is 36.5. The Hall–Kier alpha value is -3.38. The molecule has 1 fully saturated rings. The van der Waals surface area contributed by atoms with Crippen LogP contribution in [0.1, 0.15) is 12.8 Å². The lowest BCUT2D eigenvalue weighted by atomic mass is 10.2. The number of fused-ring (bicyclic) bond motifs is 3. The van der Waals surface area contributed by atoms with Gasteiger partial charge in [0, 0.05) is 12.7 Å². The highest BCUT2D eigenvalue weighted by molar-refractivity contribution is 7.17. The van der Waals surface area contributed by atoms with Crippen LogP contribution >= 0.6 is 11.3 Å². The van der Waals surface area contributed by atoms with Crippen LogP contribution < -0.4 is 16.6 Å². The first-order valence-corrected chi connectivity index (χ1v) is 10.8. The Morgan fingerprint density at radius 2 is 2.12 bits per heavy atom. The van der Waals surface area contributed by atoms with Crippen molar-refractivity contribution in [2.75, 3.05) is 11.9 Å². The van der Waals surface area contributed by atoms with Crippen molar-refractivity contribution in [3.05, 3.63) is 62.1 Å². The number of carbonyl (C=O) groups is 1. The Balaban J connectivity index is 1.54. The van der Waals surface area contributed by atoms with Crippen molar-refractivity contribution in [2.24, 2.45) is 0 Å². The van der Waals surface area contributed by atoms with Crippen LogP contribution in [0.5, 0.6) is 0 Å². The lowest BCUT2D eigenvalue weighted by Crippen LogP contribution is -2.30. The van der Waals surface area contributed by atoms with Crippen molar-refractivity contribution in [1.82, 2.24) is 18.7 Å². The number of ether oxygens (including phenoxy) is 1. The summed E-state index contributed by atoms with van der Waals surface area (Å²) in [7, 11) is 0. The summed E-state index contributed by atoms with van der Waals surface area (Å²) in [4.78, 5) is 38.5. The number of hydrogen-bond donors (Lipinski definition) is 1. The van der Waals surface area contributed by atoms with E-state index in [1.165, 1.54) is 20.3 Å². The fourth-order valence-electron chi connectivity index (χ4n) is 3.81. The van der Waals surface area contributed by atoms with E-state index in [0.29, 0.717) is 22.9 Å². The summed E-state index contributed by atoms with van der Waals surface area (Å²) in [6.45, 7) is 0.328. The molecule has 1 N–H and O–H groups in total. The van der Waals surface area contributed by atoms with E-state index in [9.17, 15) is 23.2 Å². The third-order valence-corrected chi connectivity index (χ3v) is 6.19. The smallest absolute Gasteiger partial charge is 0.352 e. The zero-order valence-electron chi connectivity index (χ0n) is 16.6. The van der Waals surface area contributed by atoms with Crippen molar-refractivity contribution >= 4 is 38.9 Å². The molecular weight excluding hydrogens is 444 g/mol. The number of hydrogen-bond acceptors (Lipinski definition) is 6. The van der Waals surface area contributed by atoms with Gasteiger partial charge in [-0.05, 0) is 36.4 Å². The van der Waals surface area contributed by atoms with E-state index in [-0.39, 0.29) is 29.7 Å². The average Bonchev–Trinajstić information content (AvgIpc) is 3.49. The Kier molecular flexibility index (Phi) is 5.10. The molecule has 1 saturated heterocycles. The molecule has 4 aromatic rings. The first kappa shape index (κ1) is 20.5. The van der Waals surface area contributed by atoms with Gasteiger partial charge in [-0.2, -0.15) is 0 Å². The predicted molar refractivity (Wildman–Crippen MR) is 113 cm³/mol. The van der Waals surface area contributed by atoms with Gasteiger partial charge in [-0.25, -0.2) is 22.7 Å². The number of halogens is 2. The largest absolute Gasteiger partial charge is 0.376 e. The number of anilines is 1. The molecule has 1 unspecified atom stereocenters. The third kappa shape index (κ3) is 3.50. The minimum atomic E-state index is -0.939. The van der Waals surface area contributed by atoms with Crippen molar-refractivity contribution in [1.29, 1.82) is 0 Å². The summed E-state index contributed by atoms with van der Waals surface area (Å²) in [6, 6.07) is 4.38. The molecule has 1 aliphatic heterocycles. The highest BCUT2D eigenvalue weighted by Gasteiger charge is 2.23. The van der Waals surface area contributed by atoms with E-state index in [2.05, 4.69) is 10.4 Å². The molecular formula is C20H17F2N5O4S. The van der Waals surface area contributed by atoms with Gasteiger partial charge < -0.3 is 10.1 Å². The van der Waals surface area contributed by atoms with Gasteiger partial charge in [0.15, 0.2) is 0 Å². The van der Waals surface area contributed by atoms with Crippen LogP contribution in [0.15, 0.2) is 39.2 Å². The van der Waals surface area contributed by atoms with E-state index in [4.69, 9.17) is 4.74 Å². The standard InChI is InChI=1S/C20H17F2N5O4S/c21-11-3-4-14(13(22)8-11)23-16(28)10-26-20(30)27-15-5-7-32-17(15)18(29)25(19(27)24-26)9-12-2-1-6-31-12/h3-5,7-8,12H,1-2,6,9-10H2,(H,23,28). The Bertz CT molecular complexity index is 1460. The molecule has 3 aromatic heterocycles. The van der Waals surface area contributed by atoms with Gasteiger partial charge in [-0.15, -0.1) is 16.4 Å². The number of amides is 1. The Labute approximate surface area is 182 Å². The first-order chi connectivity index (χ1) is 15.4. The number of thiophene rings is 1. The van der Waals surface area contributed by atoms with Crippen molar-refractivity contribution < 1.29 is 18.3 Å². The normalized spacial score (nSPS) is 16.2. The molecule has 4 heterocycles. The number of aromatic nitrogens is 4. The molecule has 0 aliphatic carbocycles. The lowest BCUT2D eigenvalue weighted by molar-refractivity contribution is -0.117. The highest BCUT2D eigenvalue weighted by Crippen LogP contribution is 2.20. The molecule has 0 saturated carbocycles. The van der Waals surface area contributed by atoms with E-state index < -0.39 is 29.8 Å². The molecule has 166 valence electrons. The number of nitrogens with one attached hydrogen (secondary N) is 1. The second-order valence-electron chi connectivity index (χ2n) is 7.43. The second kappa shape index (κ2) is 7.95. The van der Waals surface area contributed by atoms with E-state index >= 15 is 0 Å². The Morgan fingerprint density at radius 1 is 1.28 bits per heavy atom. The lowest BCUT2D eigenvalue weighted by Gasteiger charge is -2.12. The molecule has 1 atom stereocenters. The zero-order chi connectivity index (χ0) is 22.4. The highest BCUT2D eigenvalue weighted by atomic mass is 32.1. The monoisotopic (exact) mass is 461 g/mol. The molecule has 0 bridgehead atoms. The van der Waals surface area contributed by atoms with Gasteiger partial charge in [0.25, 0.3) is 5.56 Å². The molecule has 1 aliphatic rings. The van der Waals surface area contributed by atoms with Crippen LogP contribution in [-0.4, -0.2) is 37.4 Å². The molecule has 32 heavy (non-hydrogen) atoms. The van der Waals surface area contributed by atoms with E-state index in [1.807, 2.05) is 0 Å². The van der Waals surface area contributed by atoms with E-state index in [1.54, 1.807) is 11.4 Å².